The lowest BCUT2D eigenvalue weighted by Gasteiger charge is -2.20. The number of rotatable bonds is 6. The minimum Gasteiger partial charge on any atom is -0.493 e. The summed E-state index contributed by atoms with van der Waals surface area (Å²) in [6.07, 6.45) is 0.756. The number of fused-ring (bicyclic) bond motifs is 1. The van der Waals surface area contributed by atoms with Gasteiger partial charge in [-0.25, -0.2) is 8.42 Å². The van der Waals surface area contributed by atoms with E-state index < -0.39 is 10.0 Å². The fraction of sp³-hybridized carbons (Fsp3) is 0.368. The van der Waals surface area contributed by atoms with E-state index in [1.165, 1.54) is 30.6 Å². The maximum Gasteiger partial charge on any atom is 0.243 e. The third-order valence-electron chi connectivity index (χ3n) is 4.30. The summed E-state index contributed by atoms with van der Waals surface area (Å²) in [6.45, 7) is 1.18. The van der Waals surface area contributed by atoms with Crippen LogP contribution in [-0.4, -0.2) is 47.2 Å². The highest BCUT2D eigenvalue weighted by molar-refractivity contribution is 7.89. The lowest BCUT2D eigenvalue weighted by molar-refractivity contribution is 0.297. The average Bonchev–Trinajstić information content (AvgIpc) is 2.92. The molecule has 0 radical (unpaired) electrons. The maximum atomic E-state index is 13.0. The molecule has 1 heterocycles. The molecule has 27 heavy (non-hydrogen) atoms. The van der Waals surface area contributed by atoms with Crippen molar-refractivity contribution < 1.29 is 27.4 Å². The van der Waals surface area contributed by atoms with E-state index in [-0.39, 0.29) is 11.4 Å². The molecule has 0 amide bonds. The first-order valence-electron chi connectivity index (χ1n) is 8.53. The van der Waals surface area contributed by atoms with E-state index in [9.17, 15) is 8.42 Å². The molecule has 0 atom stereocenters. The van der Waals surface area contributed by atoms with Crippen molar-refractivity contribution in [3.05, 3.63) is 42.0 Å². The van der Waals surface area contributed by atoms with Crippen LogP contribution in [-0.2, 0) is 16.6 Å². The number of hydrogen-bond acceptors (Lipinski definition) is 6. The number of para-hydroxylation sites is 1. The largest absolute Gasteiger partial charge is 0.493 e. The zero-order valence-electron chi connectivity index (χ0n) is 15.6. The van der Waals surface area contributed by atoms with Crippen LogP contribution in [0.2, 0.25) is 0 Å². The normalized spacial score (nSPS) is 13.9. The Kier molecular flexibility index (Phi) is 5.76. The summed E-state index contributed by atoms with van der Waals surface area (Å²) in [5, 5.41) is 0. The quantitative estimate of drug-likeness (QED) is 0.751. The Hall–Kier alpha value is -2.45. The Labute approximate surface area is 159 Å². The zero-order chi connectivity index (χ0) is 19.4. The lowest BCUT2D eigenvalue weighted by Crippen LogP contribution is -2.26. The second kappa shape index (κ2) is 8.06. The number of nitrogens with zero attached hydrogens (tertiary/aromatic N) is 1. The van der Waals surface area contributed by atoms with Crippen LogP contribution in [0.25, 0.3) is 0 Å². The predicted octanol–water partition coefficient (Wildman–Crippen LogP) is 2.69. The van der Waals surface area contributed by atoms with Gasteiger partial charge in [0, 0.05) is 31.6 Å². The summed E-state index contributed by atoms with van der Waals surface area (Å²) in [7, 11) is 0.868. The molecule has 2 aromatic rings. The molecule has 3 rings (SSSR count). The molecule has 0 N–H and O–H groups in total. The van der Waals surface area contributed by atoms with Crippen molar-refractivity contribution in [2.75, 3.05) is 34.5 Å². The minimum absolute atomic E-state index is 0.136. The summed E-state index contributed by atoms with van der Waals surface area (Å²) in [6, 6.07) is 10.0. The second-order valence-electron chi connectivity index (χ2n) is 6.07. The van der Waals surface area contributed by atoms with Crippen molar-refractivity contribution in [1.29, 1.82) is 0 Å². The first kappa shape index (κ1) is 19.3. The Morgan fingerprint density at radius 1 is 1.04 bits per heavy atom. The van der Waals surface area contributed by atoms with Crippen molar-refractivity contribution in [1.82, 2.24) is 4.31 Å². The standard InChI is InChI=1S/C19H23NO6S/c1-20(13-14-6-4-7-17(23-2)19(14)24-3)27(21,22)15-8-9-16-18(12-15)26-11-5-10-25-16/h4,6-9,12H,5,10-11,13H2,1-3H3. The van der Waals surface area contributed by atoms with Crippen LogP contribution in [0.1, 0.15) is 12.0 Å². The maximum absolute atomic E-state index is 13.0. The first-order valence-corrected chi connectivity index (χ1v) is 9.97. The van der Waals surface area contributed by atoms with Crippen LogP contribution in [0.15, 0.2) is 41.3 Å². The third-order valence-corrected chi connectivity index (χ3v) is 6.10. The molecule has 0 saturated heterocycles. The Morgan fingerprint density at radius 2 is 1.78 bits per heavy atom. The van der Waals surface area contributed by atoms with Crippen LogP contribution in [0, 0.1) is 0 Å². The number of methoxy groups -OCH3 is 2. The zero-order valence-corrected chi connectivity index (χ0v) is 16.4. The number of hydrogen-bond donors (Lipinski definition) is 0. The number of benzene rings is 2. The molecule has 1 aliphatic rings. The van der Waals surface area contributed by atoms with E-state index >= 15 is 0 Å². The Balaban J connectivity index is 1.88. The molecule has 146 valence electrons. The summed E-state index contributed by atoms with van der Waals surface area (Å²) in [5.41, 5.74) is 0.706. The van der Waals surface area contributed by atoms with Crippen molar-refractivity contribution in [2.45, 2.75) is 17.9 Å². The third kappa shape index (κ3) is 3.96. The van der Waals surface area contributed by atoms with Gasteiger partial charge in [-0.15, -0.1) is 0 Å². The van der Waals surface area contributed by atoms with E-state index in [1.807, 2.05) is 0 Å². The lowest BCUT2D eigenvalue weighted by atomic mass is 10.2. The van der Waals surface area contributed by atoms with Gasteiger partial charge in [-0.3, -0.25) is 0 Å². The molecule has 0 bridgehead atoms. The average molecular weight is 393 g/mol. The fourth-order valence-electron chi connectivity index (χ4n) is 2.89. The highest BCUT2D eigenvalue weighted by atomic mass is 32.2. The number of sulfonamides is 1. The molecule has 0 fully saturated rings. The van der Waals surface area contributed by atoms with Gasteiger partial charge in [0.05, 0.1) is 32.3 Å². The van der Waals surface area contributed by atoms with Crippen LogP contribution >= 0.6 is 0 Å². The molecule has 2 aromatic carbocycles. The van der Waals surface area contributed by atoms with E-state index in [0.29, 0.717) is 41.8 Å². The molecule has 1 aliphatic heterocycles. The molecule has 7 nitrogen and oxygen atoms in total. The van der Waals surface area contributed by atoms with E-state index in [4.69, 9.17) is 18.9 Å². The van der Waals surface area contributed by atoms with Crippen molar-refractivity contribution >= 4 is 10.0 Å². The van der Waals surface area contributed by atoms with Crippen molar-refractivity contribution in [3.8, 4) is 23.0 Å². The van der Waals surface area contributed by atoms with Crippen molar-refractivity contribution in [2.24, 2.45) is 0 Å². The van der Waals surface area contributed by atoms with Gasteiger partial charge in [-0.1, -0.05) is 12.1 Å². The molecule has 0 unspecified atom stereocenters. The molecule has 0 saturated carbocycles. The molecular weight excluding hydrogens is 370 g/mol. The van der Waals surface area contributed by atoms with Gasteiger partial charge >= 0.3 is 0 Å². The SMILES string of the molecule is COc1cccc(CN(C)S(=O)(=O)c2ccc3c(c2)OCCCO3)c1OC. The highest BCUT2D eigenvalue weighted by Gasteiger charge is 2.25. The molecule has 8 heteroatoms. The Bertz CT molecular complexity index is 912. The van der Waals surface area contributed by atoms with E-state index in [2.05, 4.69) is 0 Å². The molecule has 0 aromatic heterocycles. The van der Waals surface area contributed by atoms with E-state index in [1.54, 1.807) is 31.4 Å². The Morgan fingerprint density at radius 3 is 2.48 bits per heavy atom. The van der Waals surface area contributed by atoms with Gasteiger partial charge in [0.25, 0.3) is 0 Å². The topological polar surface area (TPSA) is 74.3 Å². The number of ether oxygens (including phenoxy) is 4. The molecule has 0 spiro atoms. The van der Waals surface area contributed by atoms with Gasteiger partial charge in [-0.2, -0.15) is 4.31 Å². The molecule has 0 aliphatic carbocycles. The minimum atomic E-state index is -3.73. The summed E-state index contributed by atoms with van der Waals surface area (Å²) in [4.78, 5) is 0.149. The second-order valence-corrected chi connectivity index (χ2v) is 8.12. The smallest absolute Gasteiger partial charge is 0.243 e. The van der Waals surface area contributed by atoms with Crippen LogP contribution in [0.3, 0.4) is 0 Å². The van der Waals surface area contributed by atoms with Crippen LogP contribution < -0.4 is 18.9 Å². The highest BCUT2D eigenvalue weighted by Crippen LogP contribution is 2.34. The van der Waals surface area contributed by atoms with Crippen molar-refractivity contribution in [3.63, 3.8) is 0 Å². The summed E-state index contributed by atoms with van der Waals surface area (Å²) >= 11 is 0. The molecular formula is C19H23NO6S. The van der Waals surface area contributed by atoms with Crippen LogP contribution in [0.5, 0.6) is 23.0 Å². The fourth-order valence-corrected chi connectivity index (χ4v) is 4.05. The monoisotopic (exact) mass is 393 g/mol. The van der Waals surface area contributed by atoms with Gasteiger partial charge in [0.15, 0.2) is 23.0 Å². The first-order chi connectivity index (χ1) is 13.0. The van der Waals surface area contributed by atoms with Gasteiger partial charge in [0.2, 0.25) is 10.0 Å². The van der Waals surface area contributed by atoms with Gasteiger partial charge in [0.1, 0.15) is 0 Å². The van der Waals surface area contributed by atoms with Gasteiger partial charge < -0.3 is 18.9 Å². The van der Waals surface area contributed by atoms with Gasteiger partial charge in [-0.05, 0) is 18.2 Å². The van der Waals surface area contributed by atoms with Crippen LogP contribution in [0.4, 0.5) is 0 Å². The predicted molar refractivity (Wildman–Crippen MR) is 100 cm³/mol. The summed E-state index contributed by atoms with van der Waals surface area (Å²) < 4.78 is 49.1. The van der Waals surface area contributed by atoms with E-state index in [0.717, 1.165) is 6.42 Å². The summed E-state index contributed by atoms with van der Waals surface area (Å²) in [5.74, 6) is 2.07.